The summed E-state index contributed by atoms with van der Waals surface area (Å²) in [5.74, 6) is 1.53. The molecule has 140 valence electrons. The van der Waals surface area contributed by atoms with Crippen LogP contribution in [0.4, 0.5) is 4.39 Å². The lowest BCUT2D eigenvalue weighted by Gasteiger charge is -2.12. The minimum absolute atomic E-state index is 0.164. The van der Waals surface area contributed by atoms with Gasteiger partial charge < -0.3 is 4.74 Å². The summed E-state index contributed by atoms with van der Waals surface area (Å²) < 4.78 is 22.1. The number of fused-ring (bicyclic) bond motifs is 2. The summed E-state index contributed by atoms with van der Waals surface area (Å²) in [6.45, 7) is 2.63. The first kappa shape index (κ1) is 16.9. The molecular weight excluding hydrogens is 353 g/mol. The van der Waals surface area contributed by atoms with E-state index in [4.69, 9.17) is 9.72 Å². The van der Waals surface area contributed by atoms with E-state index in [0.717, 1.165) is 51.5 Å². The SMILES string of the molecule is Cc1ncn2c(CCc3c(F)ccc4c3CCO4)ncc(-c3ccccc3)c12. The van der Waals surface area contributed by atoms with Gasteiger partial charge in [0.05, 0.1) is 17.8 Å². The van der Waals surface area contributed by atoms with Gasteiger partial charge in [0, 0.05) is 30.2 Å². The molecule has 0 N–H and O–H groups in total. The van der Waals surface area contributed by atoms with E-state index in [1.165, 1.54) is 6.07 Å². The normalized spacial score (nSPS) is 12.9. The van der Waals surface area contributed by atoms with Crippen LogP contribution < -0.4 is 4.74 Å². The third kappa shape index (κ3) is 2.74. The van der Waals surface area contributed by atoms with E-state index in [2.05, 4.69) is 17.1 Å². The molecule has 4 nitrogen and oxygen atoms in total. The zero-order chi connectivity index (χ0) is 19.1. The van der Waals surface area contributed by atoms with Crippen LogP contribution in [0.5, 0.6) is 5.75 Å². The molecule has 28 heavy (non-hydrogen) atoms. The number of rotatable bonds is 4. The lowest BCUT2D eigenvalue weighted by Crippen LogP contribution is -2.06. The van der Waals surface area contributed by atoms with Crippen molar-refractivity contribution in [3.05, 3.63) is 83.5 Å². The van der Waals surface area contributed by atoms with E-state index in [-0.39, 0.29) is 5.82 Å². The van der Waals surface area contributed by atoms with Crippen molar-refractivity contribution in [1.82, 2.24) is 14.4 Å². The first-order valence-electron chi connectivity index (χ1n) is 9.52. The Kier molecular flexibility index (Phi) is 4.08. The maximum Gasteiger partial charge on any atom is 0.126 e. The van der Waals surface area contributed by atoms with Crippen molar-refractivity contribution in [3.8, 4) is 16.9 Å². The van der Waals surface area contributed by atoms with Crippen LogP contribution in [0, 0.1) is 12.7 Å². The summed E-state index contributed by atoms with van der Waals surface area (Å²) in [7, 11) is 0. The van der Waals surface area contributed by atoms with Crippen LogP contribution in [0.25, 0.3) is 16.6 Å². The Morgan fingerprint density at radius 1 is 1.07 bits per heavy atom. The molecule has 3 heterocycles. The average Bonchev–Trinajstić information content (AvgIpc) is 3.35. The van der Waals surface area contributed by atoms with Crippen molar-refractivity contribution in [1.29, 1.82) is 0 Å². The second-order valence-electron chi connectivity index (χ2n) is 7.10. The van der Waals surface area contributed by atoms with E-state index >= 15 is 0 Å². The molecule has 5 heteroatoms. The molecule has 0 unspecified atom stereocenters. The third-order valence-electron chi connectivity index (χ3n) is 5.45. The van der Waals surface area contributed by atoms with Crippen LogP contribution in [0.1, 0.15) is 22.6 Å². The molecule has 0 atom stereocenters. The van der Waals surface area contributed by atoms with Crippen LogP contribution in [0.2, 0.25) is 0 Å². The maximum absolute atomic E-state index is 14.5. The number of aromatic nitrogens is 3. The fourth-order valence-corrected chi connectivity index (χ4v) is 4.06. The summed E-state index contributed by atoms with van der Waals surface area (Å²) in [4.78, 5) is 9.21. The van der Waals surface area contributed by atoms with Gasteiger partial charge in [0.15, 0.2) is 0 Å². The molecule has 2 aromatic heterocycles. The largest absolute Gasteiger partial charge is 0.493 e. The van der Waals surface area contributed by atoms with E-state index in [1.54, 1.807) is 6.07 Å². The highest BCUT2D eigenvalue weighted by molar-refractivity contribution is 5.81. The van der Waals surface area contributed by atoms with Gasteiger partial charge in [-0.1, -0.05) is 30.3 Å². The van der Waals surface area contributed by atoms with Gasteiger partial charge in [0.2, 0.25) is 0 Å². The highest BCUT2D eigenvalue weighted by atomic mass is 19.1. The Labute approximate surface area is 162 Å². The summed E-state index contributed by atoms with van der Waals surface area (Å²) in [5.41, 5.74) is 5.92. The molecule has 0 spiro atoms. The molecule has 0 aliphatic carbocycles. The van der Waals surface area contributed by atoms with Gasteiger partial charge in [-0.05, 0) is 36.6 Å². The number of halogens is 1. The van der Waals surface area contributed by atoms with Crippen LogP contribution in [0.15, 0.2) is 55.0 Å². The van der Waals surface area contributed by atoms with E-state index in [0.29, 0.717) is 19.4 Å². The van der Waals surface area contributed by atoms with E-state index in [1.807, 2.05) is 42.0 Å². The standard InChI is InChI=1S/C23H20FN3O/c1-15-23-19(16-5-3-2-4-6-16)13-25-22(27(23)14-26-15)10-7-17-18-11-12-28-21(18)9-8-20(17)24/h2-6,8-9,13-14H,7,10-12H2,1H3. The predicted octanol–water partition coefficient (Wildman–Crippen LogP) is 4.56. The number of ether oxygens (including phenoxy) is 1. The minimum atomic E-state index is -0.164. The zero-order valence-electron chi connectivity index (χ0n) is 15.7. The summed E-state index contributed by atoms with van der Waals surface area (Å²) in [6, 6.07) is 13.4. The lowest BCUT2D eigenvalue weighted by molar-refractivity contribution is 0.356. The van der Waals surface area contributed by atoms with Gasteiger partial charge >= 0.3 is 0 Å². The second-order valence-corrected chi connectivity index (χ2v) is 7.10. The fraction of sp³-hybridized carbons (Fsp3) is 0.217. The Bertz CT molecular complexity index is 1170. The van der Waals surface area contributed by atoms with Gasteiger partial charge in [0.1, 0.15) is 23.7 Å². The monoisotopic (exact) mass is 373 g/mol. The van der Waals surface area contributed by atoms with Crippen molar-refractivity contribution in [2.75, 3.05) is 6.61 Å². The van der Waals surface area contributed by atoms with Crippen LogP contribution in [-0.4, -0.2) is 21.0 Å². The van der Waals surface area contributed by atoms with Crippen molar-refractivity contribution in [3.63, 3.8) is 0 Å². The average molecular weight is 373 g/mol. The number of hydrogen-bond donors (Lipinski definition) is 0. The quantitative estimate of drug-likeness (QED) is 0.526. The third-order valence-corrected chi connectivity index (χ3v) is 5.45. The molecule has 1 aliphatic rings. The topological polar surface area (TPSA) is 39.4 Å². The first-order valence-corrected chi connectivity index (χ1v) is 9.52. The number of benzene rings is 2. The maximum atomic E-state index is 14.5. The molecule has 0 saturated heterocycles. The van der Waals surface area contributed by atoms with Gasteiger partial charge in [-0.15, -0.1) is 0 Å². The Balaban J connectivity index is 1.53. The predicted molar refractivity (Wildman–Crippen MR) is 106 cm³/mol. The highest BCUT2D eigenvalue weighted by Gasteiger charge is 2.20. The molecule has 4 aromatic rings. The molecular formula is C23H20FN3O. The van der Waals surface area contributed by atoms with Gasteiger partial charge in [-0.2, -0.15) is 0 Å². The summed E-state index contributed by atoms with van der Waals surface area (Å²) >= 11 is 0. The molecule has 2 aromatic carbocycles. The number of imidazole rings is 1. The molecule has 1 aliphatic heterocycles. The van der Waals surface area contributed by atoms with Crippen molar-refractivity contribution in [2.24, 2.45) is 0 Å². The van der Waals surface area contributed by atoms with Crippen LogP contribution >= 0.6 is 0 Å². The summed E-state index contributed by atoms with van der Waals surface area (Å²) in [5, 5.41) is 0. The lowest BCUT2D eigenvalue weighted by atomic mass is 9.99. The van der Waals surface area contributed by atoms with Gasteiger partial charge in [-0.25, -0.2) is 14.4 Å². The number of hydrogen-bond acceptors (Lipinski definition) is 3. The number of nitrogens with zero attached hydrogens (tertiary/aromatic N) is 3. The van der Waals surface area contributed by atoms with Crippen molar-refractivity contribution >= 4 is 5.52 Å². The Morgan fingerprint density at radius 3 is 2.79 bits per heavy atom. The molecule has 0 radical (unpaired) electrons. The van der Waals surface area contributed by atoms with Crippen LogP contribution in [0.3, 0.4) is 0 Å². The van der Waals surface area contributed by atoms with Gasteiger partial charge in [0.25, 0.3) is 0 Å². The van der Waals surface area contributed by atoms with Crippen molar-refractivity contribution in [2.45, 2.75) is 26.2 Å². The Hall–Kier alpha value is -3.21. The molecule has 5 rings (SSSR count). The fourth-order valence-electron chi connectivity index (χ4n) is 4.06. The minimum Gasteiger partial charge on any atom is -0.493 e. The van der Waals surface area contributed by atoms with Crippen LogP contribution in [-0.2, 0) is 19.3 Å². The number of aryl methyl sites for hydroxylation is 2. The zero-order valence-corrected chi connectivity index (χ0v) is 15.7. The van der Waals surface area contributed by atoms with E-state index in [9.17, 15) is 4.39 Å². The molecule has 0 bridgehead atoms. The molecule has 0 fully saturated rings. The first-order chi connectivity index (χ1) is 13.7. The smallest absolute Gasteiger partial charge is 0.126 e. The van der Waals surface area contributed by atoms with Crippen molar-refractivity contribution < 1.29 is 9.13 Å². The second kappa shape index (κ2) is 6.75. The summed E-state index contributed by atoms with van der Waals surface area (Å²) in [6.07, 6.45) is 5.71. The van der Waals surface area contributed by atoms with Gasteiger partial charge in [-0.3, -0.25) is 4.40 Å². The highest BCUT2D eigenvalue weighted by Crippen LogP contribution is 2.31. The Morgan fingerprint density at radius 2 is 1.93 bits per heavy atom. The molecule has 0 amide bonds. The van der Waals surface area contributed by atoms with E-state index < -0.39 is 0 Å². The molecule has 0 saturated carbocycles.